The highest BCUT2D eigenvalue weighted by Gasteiger charge is 2.41. The first kappa shape index (κ1) is 20.7. The Morgan fingerprint density at radius 1 is 1.16 bits per heavy atom. The van der Waals surface area contributed by atoms with Gasteiger partial charge < -0.3 is 18.8 Å². The zero-order valence-electron chi connectivity index (χ0n) is 18.4. The first-order valence-corrected chi connectivity index (χ1v) is 11.3. The Balaban J connectivity index is 1.53. The molecule has 31 heavy (non-hydrogen) atoms. The van der Waals surface area contributed by atoms with Crippen molar-refractivity contribution >= 4 is 32.6 Å². The van der Waals surface area contributed by atoms with Crippen LogP contribution in [0.25, 0.3) is 10.9 Å². The van der Waals surface area contributed by atoms with Gasteiger partial charge in [0.05, 0.1) is 12.2 Å². The van der Waals surface area contributed by atoms with Crippen molar-refractivity contribution in [2.75, 3.05) is 13.2 Å². The van der Waals surface area contributed by atoms with E-state index in [4.69, 9.17) is 14.2 Å². The minimum absolute atomic E-state index is 0.0456. The standard InChI is InChI=1S/C25H26BrNO4/c1-24(2)19-9-7-15(29-12-16-13-30-25(3,4)31-16)11-18(19)22(28)21-17-8-6-14(26)10-20(17)27(5)23(21)24/h6-11,16H,12-13H2,1-5H3/t16-/m0/s1. The van der Waals surface area contributed by atoms with E-state index in [1.165, 1.54) is 0 Å². The number of ketones is 1. The van der Waals surface area contributed by atoms with Crippen LogP contribution in [0.5, 0.6) is 5.75 Å². The van der Waals surface area contributed by atoms with E-state index in [2.05, 4.69) is 40.4 Å². The molecular formula is C25H26BrNO4. The number of aryl methyl sites for hydroxylation is 1. The van der Waals surface area contributed by atoms with Crippen molar-refractivity contribution in [3.05, 3.63) is 63.3 Å². The van der Waals surface area contributed by atoms with Crippen LogP contribution in [0.3, 0.4) is 0 Å². The summed E-state index contributed by atoms with van der Waals surface area (Å²) < 4.78 is 20.6. The highest BCUT2D eigenvalue weighted by molar-refractivity contribution is 9.10. The number of carbonyl (C=O) groups is 1. The summed E-state index contributed by atoms with van der Waals surface area (Å²) in [5, 5.41) is 0.981. The maximum atomic E-state index is 13.7. The van der Waals surface area contributed by atoms with Crippen molar-refractivity contribution in [1.29, 1.82) is 0 Å². The van der Waals surface area contributed by atoms with Gasteiger partial charge in [0.15, 0.2) is 11.6 Å². The molecule has 0 bridgehead atoms. The average molecular weight is 484 g/mol. The van der Waals surface area contributed by atoms with Gasteiger partial charge in [-0.3, -0.25) is 4.79 Å². The van der Waals surface area contributed by atoms with Crippen molar-refractivity contribution in [2.45, 2.75) is 45.0 Å². The molecule has 5 rings (SSSR count). The number of halogens is 1. The Labute approximate surface area is 190 Å². The van der Waals surface area contributed by atoms with Crippen molar-refractivity contribution in [3.8, 4) is 5.75 Å². The zero-order valence-corrected chi connectivity index (χ0v) is 20.0. The molecule has 0 N–H and O–H groups in total. The fraction of sp³-hybridized carbons (Fsp3) is 0.400. The molecule has 0 spiro atoms. The van der Waals surface area contributed by atoms with Crippen LogP contribution in [0.1, 0.15) is 54.9 Å². The molecular weight excluding hydrogens is 458 g/mol. The second-order valence-electron chi connectivity index (χ2n) is 9.37. The van der Waals surface area contributed by atoms with Crippen LogP contribution < -0.4 is 4.74 Å². The number of rotatable bonds is 3. The molecule has 1 saturated heterocycles. The molecule has 2 heterocycles. The number of ether oxygens (including phenoxy) is 3. The molecule has 3 aromatic rings. The Morgan fingerprint density at radius 2 is 1.94 bits per heavy atom. The van der Waals surface area contributed by atoms with Gasteiger partial charge in [-0.1, -0.05) is 41.9 Å². The summed E-state index contributed by atoms with van der Waals surface area (Å²) in [6.45, 7) is 9.03. The van der Waals surface area contributed by atoms with Gasteiger partial charge in [-0.2, -0.15) is 0 Å². The predicted octanol–water partition coefficient (Wildman–Crippen LogP) is 5.34. The summed E-state index contributed by atoms with van der Waals surface area (Å²) in [6.07, 6.45) is -0.124. The van der Waals surface area contributed by atoms with Gasteiger partial charge in [0.1, 0.15) is 18.5 Å². The molecule has 5 nitrogen and oxygen atoms in total. The largest absolute Gasteiger partial charge is 0.491 e. The zero-order chi connectivity index (χ0) is 22.1. The fourth-order valence-electron chi connectivity index (χ4n) is 5.01. The molecule has 1 aromatic heterocycles. The smallest absolute Gasteiger partial charge is 0.195 e. The summed E-state index contributed by atoms with van der Waals surface area (Å²) >= 11 is 3.56. The van der Waals surface area contributed by atoms with E-state index in [0.29, 0.717) is 24.5 Å². The van der Waals surface area contributed by atoms with Gasteiger partial charge in [-0.05, 0) is 43.7 Å². The molecule has 2 aromatic carbocycles. The van der Waals surface area contributed by atoms with Gasteiger partial charge in [-0.25, -0.2) is 0 Å². The van der Waals surface area contributed by atoms with Crippen LogP contribution in [0.4, 0.5) is 0 Å². The lowest BCUT2D eigenvalue weighted by Gasteiger charge is -2.33. The summed E-state index contributed by atoms with van der Waals surface area (Å²) in [5.74, 6) is 0.135. The van der Waals surface area contributed by atoms with Gasteiger partial charge in [-0.15, -0.1) is 0 Å². The number of hydrogen-bond acceptors (Lipinski definition) is 4. The van der Waals surface area contributed by atoms with Crippen LogP contribution in [-0.2, 0) is 21.9 Å². The van der Waals surface area contributed by atoms with E-state index in [1.54, 1.807) is 0 Å². The third-order valence-electron chi connectivity index (χ3n) is 6.39. The topological polar surface area (TPSA) is 49.7 Å². The van der Waals surface area contributed by atoms with Gasteiger partial charge in [0, 0.05) is 39.1 Å². The number of nitrogens with zero attached hydrogens (tertiary/aromatic N) is 1. The van der Waals surface area contributed by atoms with Gasteiger partial charge >= 0.3 is 0 Å². The fourth-order valence-corrected chi connectivity index (χ4v) is 5.36. The molecule has 1 fully saturated rings. The highest BCUT2D eigenvalue weighted by atomic mass is 79.9. The molecule has 6 heteroatoms. The van der Waals surface area contributed by atoms with Crippen LogP contribution >= 0.6 is 15.9 Å². The lowest BCUT2D eigenvalue weighted by atomic mass is 9.71. The maximum absolute atomic E-state index is 13.7. The molecule has 0 saturated carbocycles. The minimum Gasteiger partial charge on any atom is -0.491 e. The second kappa shape index (κ2) is 6.92. The van der Waals surface area contributed by atoms with Crippen molar-refractivity contribution < 1.29 is 19.0 Å². The second-order valence-corrected chi connectivity index (χ2v) is 10.3. The van der Waals surface area contributed by atoms with Crippen LogP contribution in [0, 0.1) is 0 Å². The summed E-state index contributed by atoms with van der Waals surface area (Å²) in [6, 6.07) is 11.9. The number of carbonyl (C=O) groups excluding carboxylic acids is 1. The molecule has 0 radical (unpaired) electrons. The normalized spacial score (nSPS) is 21.2. The maximum Gasteiger partial charge on any atom is 0.195 e. The van der Waals surface area contributed by atoms with Gasteiger partial charge in [0.2, 0.25) is 0 Å². The molecule has 1 aliphatic heterocycles. The van der Waals surface area contributed by atoms with Crippen LogP contribution in [0.2, 0.25) is 0 Å². The molecule has 162 valence electrons. The van der Waals surface area contributed by atoms with E-state index < -0.39 is 5.79 Å². The Bertz CT molecular complexity index is 1220. The SMILES string of the molecule is Cn1c2c(c3ccc(Br)cc31)C(=O)c1cc(OC[C@H]3COC(C)(C)O3)ccc1C2(C)C. The first-order valence-electron chi connectivity index (χ1n) is 10.5. The van der Waals surface area contributed by atoms with E-state index in [9.17, 15) is 4.79 Å². The Morgan fingerprint density at radius 3 is 2.65 bits per heavy atom. The van der Waals surface area contributed by atoms with E-state index >= 15 is 0 Å². The van der Waals surface area contributed by atoms with E-state index in [-0.39, 0.29) is 17.3 Å². The summed E-state index contributed by atoms with van der Waals surface area (Å²) in [7, 11) is 2.04. The van der Waals surface area contributed by atoms with Crippen LogP contribution in [0.15, 0.2) is 40.9 Å². The average Bonchev–Trinajstić information content (AvgIpc) is 3.21. The van der Waals surface area contributed by atoms with E-state index in [0.717, 1.165) is 32.2 Å². The Hall–Kier alpha value is -2.15. The molecule has 0 amide bonds. The lowest BCUT2D eigenvalue weighted by Crippen LogP contribution is -2.32. The minimum atomic E-state index is -0.580. The number of aromatic nitrogens is 1. The molecule has 2 aliphatic rings. The van der Waals surface area contributed by atoms with Gasteiger partial charge in [0.25, 0.3) is 0 Å². The predicted molar refractivity (Wildman–Crippen MR) is 123 cm³/mol. The monoisotopic (exact) mass is 483 g/mol. The molecule has 0 unspecified atom stereocenters. The number of benzene rings is 2. The molecule has 1 aliphatic carbocycles. The quantitative estimate of drug-likeness (QED) is 0.504. The first-order chi connectivity index (χ1) is 14.6. The third-order valence-corrected chi connectivity index (χ3v) is 6.89. The highest BCUT2D eigenvalue weighted by Crippen LogP contribution is 2.46. The number of hydrogen-bond donors (Lipinski definition) is 0. The van der Waals surface area contributed by atoms with Crippen molar-refractivity contribution in [3.63, 3.8) is 0 Å². The number of fused-ring (bicyclic) bond motifs is 4. The molecule has 1 atom stereocenters. The lowest BCUT2D eigenvalue weighted by molar-refractivity contribution is -0.141. The Kier molecular flexibility index (Phi) is 4.63. The van der Waals surface area contributed by atoms with Crippen LogP contribution in [-0.4, -0.2) is 35.5 Å². The summed E-state index contributed by atoms with van der Waals surface area (Å²) in [4.78, 5) is 13.7. The van der Waals surface area contributed by atoms with Crippen molar-refractivity contribution in [2.24, 2.45) is 7.05 Å². The van der Waals surface area contributed by atoms with E-state index in [1.807, 2.05) is 51.2 Å². The third kappa shape index (κ3) is 3.23. The summed E-state index contributed by atoms with van der Waals surface area (Å²) in [5.41, 5.74) is 4.29. The van der Waals surface area contributed by atoms with Crippen molar-refractivity contribution in [1.82, 2.24) is 4.57 Å².